The van der Waals surface area contributed by atoms with Crippen LogP contribution in [-0.2, 0) is 4.79 Å². The summed E-state index contributed by atoms with van der Waals surface area (Å²) in [7, 11) is 0. The van der Waals surface area contributed by atoms with Crippen molar-refractivity contribution in [1.29, 1.82) is 0 Å². The number of para-hydroxylation sites is 1. The Balaban J connectivity index is 1.92. The summed E-state index contributed by atoms with van der Waals surface area (Å²) < 4.78 is 5.75. The van der Waals surface area contributed by atoms with Crippen molar-refractivity contribution < 1.29 is 14.3 Å². The van der Waals surface area contributed by atoms with Crippen molar-refractivity contribution in [3.05, 3.63) is 29.3 Å². The summed E-state index contributed by atoms with van der Waals surface area (Å²) in [5.41, 5.74) is 2.10. The van der Waals surface area contributed by atoms with Gasteiger partial charge in [-0.05, 0) is 31.4 Å². The number of amides is 3. The number of carbonyl (C=O) groups is 2. The molecule has 1 aliphatic heterocycles. The smallest absolute Gasteiger partial charge is 0.324 e. The van der Waals surface area contributed by atoms with E-state index in [-0.39, 0.29) is 24.5 Å². The van der Waals surface area contributed by atoms with Gasteiger partial charge < -0.3 is 10.1 Å². The number of nitrogens with one attached hydrogen (secondary N) is 1. The molecule has 5 nitrogen and oxygen atoms in total. The van der Waals surface area contributed by atoms with Crippen molar-refractivity contribution in [1.82, 2.24) is 10.2 Å². The molecule has 5 heteroatoms. The molecule has 1 aromatic carbocycles. The Morgan fingerprint density at radius 2 is 1.90 bits per heavy atom. The third-order valence-corrected chi connectivity index (χ3v) is 3.65. The Bertz CT molecular complexity index is 522. The van der Waals surface area contributed by atoms with Gasteiger partial charge in [-0.25, -0.2) is 4.79 Å². The van der Waals surface area contributed by atoms with E-state index in [9.17, 15) is 9.59 Å². The number of hydrogen-bond donors (Lipinski definition) is 1. The van der Waals surface area contributed by atoms with E-state index in [2.05, 4.69) is 5.32 Å². The molecule has 1 atom stereocenters. The van der Waals surface area contributed by atoms with Gasteiger partial charge in [0.1, 0.15) is 18.4 Å². The zero-order valence-corrected chi connectivity index (χ0v) is 12.8. The highest BCUT2D eigenvalue weighted by atomic mass is 16.5. The fourth-order valence-corrected chi connectivity index (χ4v) is 2.54. The van der Waals surface area contributed by atoms with Crippen molar-refractivity contribution in [2.75, 3.05) is 13.2 Å². The zero-order chi connectivity index (χ0) is 15.4. The second-order valence-corrected chi connectivity index (χ2v) is 5.35. The number of ether oxygens (including phenoxy) is 1. The minimum absolute atomic E-state index is 0.146. The molecule has 0 spiro atoms. The van der Waals surface area contributed by atoms with Gasteiger partial charge in [0.05, 0.1) is 6.54 Å². The van der Waals surface area contributed by atoms with E-state index in [0.29, 0.717) is 13.0 Å². The minimum Gasteiger partial charge on any atom is -0.491 e. The highest BCUT2D eigenvalue weighted by Gasteiger charge is 2.36. The molecular weight excluding hydrogens is 268 g/mol. The maximum absolute atomic E-state index is 12.1. The number of hydrogen-bond acceptors (Lipinski definition) is 3. The molecule has 1 aromatic rings. The number of benzene rings is 1. The number of aryl methyl sites for hydroxylation is 2. The molecule has 0 aliphatic carbocycles. The van der Waals surface area contributed by atoms with E-state index in [4.69, 9.17) is 4.74 Å². The topological polar surface area (TPSA) is 58.6 Å². The first kappa shape index (κ1) is 15.4. The first-order valence-electron chi connectivity index (χ1n) is 7.35. The minimum atomic E-state index is -0.373. The van der Waals surface area contributed by atoms with Crippen molar-refractivity contribution >= 4 is 11.9 Å². The van der Waals surface area contributed by atoms with Gasteiger partial charge in [0, 0.05) is 0 Å². The Kier molecular flexibility index (Phi) is 4.83. The summed E-state index contributed by atoms with van der Waals surface area (Å²) in [6.45, 7) is 6.54. The highest BCUT2D eigenvalue weighted by molar-refractivity contribution is 6.04. The first-order valence-corrected chi connectivity index (χ1v) is 7.35. The third kappa shape index (κ3) is 3.35. The van der Waals surface area contributed by atoms with Crippen LogP contribution in [0.1, 0.15) is 30.9 Å². The lowest BCUT2D eigenvalue weighted by Crippen LogP contribution is -2.35. The standard InChI is InChI=1S/C16H22N2O3/c1-4-6-13-15(19)18(16(20)17-13)9-10-21-14-11(2)7-5-8-12(14)3/h5,7-8,13H,4,6,9-10H2,1-3H3,(H,17,20). The lowest BCUT2D eigenvalue weighted by atomic mass is 10.1. The summed E-state index contributed by atoms with van der Waals surface area (Å²) in [6, 6.07) is 5.25. The van der Waals surface area contributed by atoms with Crippen LogP contribution < -0.4 is 10.1 Å². The van der Waals surface area contributed by atoms with Crippen molar-refractivity contribution in [2.24, 2.45) is 0 Å². The molecule has 114 valence electrons. The van der Waals surface area contributed by atoms with Crippen LogP contribution in [0, 0.1) is 13.8 Å². The molecule has 1 heterocycles. The van der Waals surface area contributed by atoms with Gasteiger partial charge in [0.25, 0.3) is 5.91 Å². The molecular formula is C16H22N2O3. The van der Waals surface area contributed by atoms with Crippen LogP contribution in [-0.4, -0.2) is 36.0 Å². The van der Waals surface area contributed by atoms with Gasteiger partial charge in [-0.15, -0.1) is 0 Å². The lowest BCUT2D eigenvalue weighted by molar-refractivity contribution is -0.127. The quantitative estimate of drug-likeness (QED) is 0.818. The molecule has 21 heavy (non-hydrogen) atoms. The molecule has 0 bridgehead atoms. The summed E-state index contributed by atoms with van der Waals surface area (Å²) in [4.78, 5) is 25.1. The number of carbonyl (C=O) groups excluding carboxylic acids is 2. The Morgan fingerprint density at radius 1 is 1.24 bits per heavy atom. The van der Waals surface area contributed by atoms with Crippen LogP contribution >= 0.6 is 0 Å². The third-order valence-electron chi connectivity index (χ3n) is 3.65. The van der Waals surface area contributed by atoms with Gasteiger partial charge in [-0.3, -0.25) is 9.69 Å². The highest BCUT2D eigenvalue weighted by Crippen LogP contribution is 2.22. The molecule has 0 radical (unpaired) electrons. The molecule has 2 rings (SSSR count). The molecule has 1 unspecified atom stereocenters. The average Bonchev–Trinajstić information content (AvgIpc) is 2.70. The number of nitrogens with zero attached hydrogens (tertiary/aromatic N) is 1. The van der Waals surface area contributed by atoms with E-state index < -0.39 is 0 Å². The summed E-state index contributed by atoms with van der Waals surface area (Å²) in [5, 5.41) is 2.71. The predicted molar refractivity (Wildman–Crippen MR) is 80.4 cm³/mol. The molecule has 1 fully saturated rings. The predicted octanol–water partition coefficient (Wildman–Crippen LogP) is 2.40. The summed E-state index contributed by atoms with van der Waals surface area (Å²) in [5.74, 6) is 0.682. The molecule has 0 aromatic heterocycles. The van der Waals surface area contributed by atoms with Crippen molar-refractivity contribution in [3.63, 3.8) is 0 Å². The van der Waals surface area contributed by atoms with Crippen LogP contribution in [0.5, 0.6) is 5.75 Å². The van der Waals surface area contributed by atoms with E-state index in [1.54, 1.807) is 0 Å². The van der Waals surface area contributed by atoms with Crippen LogP contribution in [0.15, 0.2) is 18.2 Å². The van der Waals surface area contributed by atoms with Crippen LogP contribution in [0.2, 0.25) is 0 Å². The maximum atomic E-state index is 12.1. The first-order chi connectivity index (χ1) is 10.0. The summed E-state index contributed by atoms with van der Waals surface area (Å²) in [6.07, 6.45) is 1.54. The van der Waals surface area contributed by atoms with E-state index in [1.165, 1.54) is 4.90 Å². The summed E-state index contributed by atoms with van der Waals surface area (Å²) >= 11 is 0. The average molecular weight is 290 g/mol. The number of urea groups is 1. The second kappa shape index (κ2) is 6.61. The van der Waals surface area contributed by atoms with Crippen LogP contribution in [0.3, 0.4) is 0 Å². The lowest BCUT2D eigenvalue weighted by Gasteiger charge is -2.16. The van der Waals surface area contributed by atoms with E-state index >= 15 is 0 Å². The van der Waals surface area contributed by atoms with E-state index in [0.717, 1.165) is 23.3 Å². The van der Waals surface area contributed by atoms with Crippen LogP contribution in [0.25, 0.3) is 0 Å². The molecule has 1 aliphatic rings. The Hall–Kier alpha value is -2.04. The Labute approximate surface area is 125 Å². The monoisotopic (exact) mass is 290 g/mol. The van der Waals surface area contributed by atoms with Gasteiger partial charge in [0.15, 0.2) is 0 Å². The molecule has 1 saturated heterocycles. The Morgan fingerprint density at radius 3 is 2.52 bits per heavy atom. The fourth-order valence-electron chi connectivity index (χ4n) is 2.54. The van der Waals surface area contributed by atoms with Crippen molar-refractivity contribution in [3.8, 4) is 5.75 Å². The SMILES string of the molecule is CCCC1NC(=O)N(CCOc2c(C)cccc2C)C1=O. The van der Waals surface area contributed by atoms with Gasteiger partial charge in [-0.2, -0.15) is 0 Å². The van der Waals surface area contributed by atoms with Gasteiger partial charge in [0.2, 0.25) is 0 Å². The molecule has 0 saturated carbocycles. The molecule has 3 amide bonds. The van der Waals surface area contributed by atoms with Crippen LogP contribution in [0.4, 0.5) is 4.79 Å². The maximum Gasteiger partial charge on any atom is 0.324 e. The largest absolute Gasteiger partial charge is 0.491 e. The second-order valence-electron chi connectivity index (χ2n) is 5.35. The molecule has 1 N–H and O–H groups in total. The number of imide groups is 1. The zero-order valence-electron chi connectivity index (χ0n) is 12.8. The number of rotatable bonds is 6. The normalized spacial score (nSPS) is 18.0. The fraction of sp³-hybridized carbons (Fsp3) is 0.500. The van der Waals surface area contributed by atoms with Crippen molar-refractivity contribution in [2.45, 2.75) is 39.7 Å². The van der Waals surface area contributed by atoms with Gasteiger partial charge >= 0.3 is 6.03 Å². The van der Waals surface area contributed by atoms with Gasteiger partial charge in [-0.1, -0.05) is 31.5 Å². The van der Waals surface area contributed by atoms with E-state index in [1.807, 2.05) is 39.0 Å².